The third kappa shape index (κ3) is 3.40. The van der Waals surface area contributed by atoms with E-state index in [-0.39, 0.29) is 11.8 Å². The maximum atomic E-state index is 14.1. The number of halogens is 1. The van der Waals surface area contributed by atoms with E-state index in [1.807, 2.05) is 86.6 Å². The van der Waals surface area contributed by atoms with E-state index in [1.165, 1.54) is 10.5 Å². The quantitative estimate of drug-likeness (QED) is 0.114. The van der Waals surface area contributed by atoms with Crippen LogP contribution in [0.1, 0.15) is 37.4 Å². The number of imide groups is 1. The minimum atomic E-state index is -0.296. The second kappa shape index (κ2) is 8.88. The van der Waals surface area contributed by atoms with Gasteiger partial charge in [0.25, 0.3) is 11.8 Å². The van der Waals surface area contributed by atoms with Crippen molar-refractivity contribution in [2.75, 3.05) is 4.90 Å². The SMILES string of the molecule is Cc1ccc(Oc2ccc3c4ccc5c6c(ccc(c7cccc2c73)c64)C(=O)N(c2c(C)cc(Br)cc2C)C5=O)cc1. The van der Waals surface area contributed by atoms with Gasteiger partial charge in [0.1, 0.15) is 11.5 Å². The van der Waals surface area contributed by atoms with E-state index >= 15 is 0 Å². The number of amides is 2. The van der Waals surface area contributed by atoms with Crippen molar-refractivity contribution in [3.8, 4) is 11.5 Å². The highest BCUT2D eigenvalue weighted by Gasteiger charge is 2.36. The maximum absolute atomic E-state index is 14.1. The number of fused-ring (bicyclic) bond motifs is 2. The monoisotopic (exact) mass is 609 g/mol. The van der Waals surface area contributed by atoms with Crippen molar-refractivity contribution in [3.63, 3.8) is 0 Å². The molecule has 0 unspecified atom stereocenters. The molecule has 4 nitrogen and oxygen atoms in total. The summed E-state index contributed by atoms with van der Waals surface area (Å²) in [5, 5.41) is 7.96. The molecule has 0 saturated heterocycles. The van der Waals surface area contributed by atoms with E-state index in [0.29, 0.717) is 16.8 Å². The number of benzene rings is 7. The van der Waals surface area contributed by atoms with Crippen LogP contribution in [0.4, 0.5) is 5.69 Å². The Morgan fingerprint density at radius 3 is 1.79 bits per heavy atom. The van der Waals surface area contributed by atoms with Crippen LogP contribution in [0.15, 0.2) is 95.5 Å². The number of carbonyl (C=O) groups is 2. The molecule has 1 heterocycles. The average molecular weight is 611 g/mol. The van der Waals surface area contributed by atoms with Crippen molar-refractivity contribution >= 4 is 76.5 Å². The molecule has 0 saturated carbocycles. The number of rotatable bonds is 3. The summed E-state index contributed by atoms with van der Waals surface area (Å²) in [6.07, 6.45) is 0. The summed E-state index contributed by atoms with van der Waals surface area (Å²) in [5.41, 5.74) is 4.63. The van der Waals surface area contributed by atoms with Crippen molar-refractivity contribution in [3.05, 3.63) is 123 Å². The lowest BCUT2D eigenvalue weighted by atomic mass is 9.84. The highest BCUT2D eigenvalue weighted by atomic mass is 79.9. The van der Waals surface area contributed by atoms with E-state index < -0.39 is 0 Å². The van der Waals surface area contributed by atoms with E-state index in [9.17, 15) is 9.59 Å². The van der Waals surface area contributed by atoms with Gasteiger partial charge >= 0.3 is 0 Å². The molecule has 7 aromatic carbocycles. The van der Waals surface area contributed by atoms with Crippen molar-refractivity contribution in [1.82, 2.24) is 0 Å². The van der Waals surface area contributed by atoms with E-state index in [2.05, 4.69) is 41.1 Å². The fourth-order valence-electron chi connectivity index (χ4n) is 6.74. The molecule has 7 aromatic rings. The summed E-state index contributed by atoms with van der Waals surface area (Å²) in [5.74, 6) is 0.981. The summed E-state index contributed by atoms with van der Waals surface area (Å²) < 4.78 is 7.28. The van der Waals surface area contributed by atoms with E-state index in [1.54, 1.807) is 0 Å². The molecular formula is C37H24BrNO3. The number of hydrogen-bond acceptors (Lipinski definition) is 3. The second-order valence-electron chi connectivity index (χ2n) is 11.2. The van der Waals surface area contributed by atoms with Crippen LogP contribution in [0.25, 0.3) is 43.1 Å². The highest BCUT2D eigenvalue weighted by Crippen LogP contribution is 2.46. The zero-order valence-electron chi connectivity index (χ0n) is 23.2. The van der Waals surface area contributed by atoms with Crippen molar-refractivity contribution in [1.29, 1.82) is 0 Å². The lowest BCUT2D eigenvalue weighted by Gasteiger charge is -2.30. The Hall–Kier alpha value is -4.74. The molecule has 0 radical (unpaired) electrons. The fraction of sp³-hybridized carbons (Fsp3) is 0.0811. The Balaban J connectivity index is 1.38. The molecule has 42 heavy (non-hydrogen) atoms. The van der Waals surface area contributed by atoms with Crippen LogP contribution >= 0.6 is 15.9 Å². The van der Waals surface area contributed by atoms with Gasteiger partial charge in [0.15, 0.2) is 0 Å². The standard InChI is InChI=1S/C37H24BrNO3/c1-19-7-9-23(10-8-19)42-31-16-15-25-27-12-14-30-34-29(13-11-26(33(27)34)24-5-4-6-28(31)32(24)25)36(40)39(37(30)41)35-20(2)17-22(38)18-21(35)3/h4-18H,1-3H3. The first-order valence-electron chi connectivity index (χ1n) is 13.9. The third-order valence-electron chi connectivity index (χ3n) is 8.54. The van der Waals surface area contributed by atoms with Crippen LogP contribution in [0, 0.1) is 20.8 Å². The summed E-state index contributed by atoms with van der Waals surface area (Å²) in [4.78, 5) is 29.5. The van der Waals surface area contributed by atoms with Crippen LogP contribution in [0.2, 0.25) is 0 Å². The van der Waals surface area contributed by atoms with Gasteiger partial charge in [-0.15, -0.1) is 0 Å². The predicted octanol–water partition coefficient (Wildman–Crippen LogP) is 10.0. The lowest BCUT2D eigenvalue weighted by molar-refractivity contribution is 0.0893. The summed E-state index contributed by atoms with van der Waals surface area (Å²) in [6.45, 7) is 5.91. The molecule has 8 rings (SSSR count). The first kappa shape index (κ1) is 25.0. The zero-order chi connectivity index (χ0) is 28.9. The van der Waals surface area contributed by atoms with Crippen LogP contribution in [0.3, 0.4) is 0 Å². The van der Waals surface area contributed by atoms with Crippen LogP contribution in [-0.2, 0) is 0 Å². The third-order valence-corrected chi connectivity index (χ3v) is 8.99. The Morgan fingerprint density at radius 2 is 1.14 bits per heavy atom. The maximum Gasteiger partial charge on any atom is 0.266 e. The molecule has 0 atom stereocenters. The van der Waals surface area contributed by atoms with Gasteiger partial charge in [-0.1, -0.05) is 64.0 Å². The van der Waals surface area contributed by atoms with E-state index in [4.69, 9.17) is 4.74 Å². The van der Waals surface area contributed by atoms with Crippen LogP contribution in [0.5, 0.6) is 11.5 Å². The molecule has 1 aliphatic rings. The molecule has 202 valence electrons. The zero-order valence-corrected chi connectivity index (χ0v) is 24.8. The van der Waals surface area contributed by atoms with Gasteiger partial charge < -0.3 is 4.74 Å². The van der Waals surface area contributed by atoms with E-state index in [0.717, 1.165) is 70.2 Å². The van der Waals surface area contributed by atoms with Crippen molar-refractivity contribution in [2.45, 2.75) is 20.8 Å². The smallest absolute Gasteiger partial charge is 0.266 e. The number of anilines is 1. The molecule has 2 amide bonds. The molecule has 1 aliphatic heterocycles. The van der Waals surface area contributed by atoms with Crippen molar-refractivity contribution < 1.29 is 14.3 Å². The molecule has 0 spiro atoms. The minimum absolute atomic E-state index is 0.296. The molecule has 0 N–H and O–H groups in total. The van der Waals surface area contributed by atoms with Gasteiger partial charge in [0.05, 0.1) is 5.69 Å². The second-order valence-corrected chi connectivity index (χ2v) is 12.1. The van der Waals surface area contributed by atoms with Gasteiger partial charge in [-0.05, 0) is 107 Å². The molecular weight excluding hydrogens is 586 g/mol. The number of aryl methyl sites for hydroxylation is 3. The number of carbonyl (C=O) groups excluding carboxylic acids is 2. The Bertz CT molecular complexity index is 2210. The Morgan fingerprint density at radius 1 is 0.595 bits per heavy atom. The summed E-state index contributed by atoms with van der Waals surface area (Å²) in [6, 6.07) is 30.1. The first-order chi connectivity index (χ1) is 20.3. The van der Waals surface area contributed by atoms with Gasteiger partial charge in [0.2, 0.25) is 0 Å². The van der Waals surface area contributed by atoms with Crippen LogP contribution in [-0.4, -0.2) is 11.8 Å². The van der Waals surface area contributed by atoms with Gasteiger partial charge in [0, 0.05) is 31.8 Å². The van der Waals surface area contributed by atoms with Gasteiger partial charge in [-0.3, -0.25) is 9.59 Å². The van der Waals surface area contributed by atoms with Gasteiger partial charge in [-0.2, -0.15) is 0 Å². The first-order valence-corrected chi connectivity index (χ1v) is 14.7. The average Bonchev–Trinajstić information content (AvgIpc) is 2.97. The highest BCUT2D eigenvalue weighted by molar-refractivity contribution is 9.10. The Labute approximate surface area is 250 Å². The molecule has 0 aliphatic carbocycles. The number of nitrogens with zero attached hydrogens (tertiary/aromatic N) is 1. The predicted molar refractivity (Wildman–Crippen MR) is 174 cm³/mol. The molecule has 0 aromatic heterocycles. The topological polar surface area (TPSA) is 46.6 Å². The number of ether oxygens (including phenoxy) is 1. The molecule has 5 heteroatoms. The normalized spacial score (nSPS) is 13.3. The summed E-state index contributed by atoms with van der Waals surface area (Å²) >= 11 is 3.53. The molecule has 0 fully saturated rings. The van der Waals surface area contributed by atoms with Gasteiger partial charge in [-0.25, -0.2) is 4.90 Å². The fourth-order valence-corrected chi connectivity index (χ4v) is 7.43. The molecule has 0 bridgehead atoms. The van der Waals surface area contributed by atoms with Crippen LogP contribution < -0.4 is 9.64 Å². The largest absolute Gasteiger partial charge is 0.457 e. The van der Waals surface area contributed by atoms with Crippen molar-refractivity contribution in [2.24, 2.45) is 0 Å². The number of hydrogen-bond donors (Lipinski definition) is 0. The Kier molecular flexibility index (Phi) is 5.29. The lowest BCUT2D eigenvalue weighted by Crippen LogP contribution is -2.41. The minimum Gasteiger partial charge on any atom is -0.457 e. The summed E-state index contributed by atoms with van der Waals surface area (Å²) in [7, 11) is 0.